The largest absolute Gasteiger partial charge is 0.508 e. The summed E-state index contributed by atoms with van der Waals surface area (Å²) in [5.41, 5.74) is 1.82. The van der Waals surface area contributed by atoms with E-state index in [0.717, 1.165) is 41.5 Å². The van der Waals surface area contributed by atoms with Gasteiger partial charge in [0.15, 0.2) is 0 Å². The first-order chi connectivity index (χ1) is 12.1. The molecule has 0 saturated heterocycles. The van der Waals surface area contributed by atoms with Crippen molar-refractivity contribution in [1.82, 2.24) is 4.90 Å². The van der Waals surface area contributed by atoms with Gasteiger partial charge in [0.05, 0.1) is 0 Å². The number of phenols is 1. The summed E-state index contributed by atoms with van der Waals surface area (Å²) in [7, 11) is 0. The first-order valence-corrected chi connectivity index (χ1v) is 9.67. The average molecular weight is 404 g/mol. The van der Waals surface area contributed by atoms with E-state index >= 15 is 0 Å². The minimum atomic E-state index is -0.164. The van der Waals surface area contributed by atoms with Crippen LogP contribution in [0.15, 0.2) is 53.0 Å². The van der Waals surface area contributed by atoms with E-state index in [0.29, 0.717) is 6.42 Å². The molecular weight excluding hydrogens is 378 g/mol. The highest BCUT2D eigenvalue weighted by atomic mass is 79.9. The van der Waals surface area contributed by atoms with Gasteiger partial charge < -0.3 is 10.0 Å². The van der Waals surface area contributed by atoms with E-state index in [-0.39, 0.29) is 17.6 Å². The average Bonchev–Trinajstić information content (AvgIpc) is 2.62. The number of benzene rings is 2. The smallest absolute Gasteiger partial charge is 0.223 e. The Morgan fingerprint density at radius 1 is 1.08 bits per heavy atom. The van der Waals surface area contributed by atoms with Crippen LogP contribution in [0.4, 0.5) is 0 Å². The second-order valence-electron chi connectivity index (χ2n) is 6.25. The van der Waals surface area contributed by atoms with E-state index in [1.165, 1.54) is 0 Å². The van der Waals surface area contributed by atoms with Crippen molar-refractivity contribution in [3.05, 3.63) is 64.1 Å². The Morgan fingerprint density at radius 2 is 1.72 bits per heavy atom. The van der Waals surface area contributed by atoms with Crippen molar-refractivity contribution >= 4 is 21.8 Å². The molecule has 3 nitrogen and oxygen atoms in total. The van der Waals surface area contributed by atoms with Gasteiger partial charge in [0.1, 0.15) is 5.75 Å². The van der Waals surface area contributed by atoms with Crippen LogP contribution in [0.2, 0.25) is 0 Å². The van der Waals surface area contributed by atoms with Crippen LogP contribution >= 0.6 is 15.9 Å². The molecule has 2 rings (SSSR count). The van der Waals surface area contributed by atoms with Crippen molar-refractivity contribution in [2.45, 2.75) is 39.0 Å². The van der Waals surface area contributed by atoms with E-state index in [1.54, 1.807) is 6.07 Å². The number of halogens is 1. The topological polar surface area (TPSA) is 40.5 Å². The summed E-state index contributed by atoms with van der Waals surface area (Å²) in [5, 5.41) is 10.4. The molecule has 0 unspecified atom stereocenters. The molecule has 0 saturated carbocycles. The SMILES string of the molecule is CCCN(CCC)C(=O)C[C@H](c1ccccc1)c1cc(Br)ccc1O. The van der Waals surface area contributed by atoms with Crippen LogP contribution in [-0.2, 0) is 4.79 Å². The maximum absolute atomic E-state index is 12.9. The lowest BCUT2D eigenvalue weighted by molar-refractivity contribution is -0.131. The Morgan fingerprint density at radius 3 is 2.32 bits per heavy atom. The number of carbonyl (C=O) groups is 1. The molecule has 2 aromatic rings. The quantitative estimate of drug-likeness (QED) is 0.647. The molecule has 1 atom stereocenters. The van der Waals surface area contributed by atoms with Crippen LogP contribution in [0, 0.1) is 0 Å². The zero-order valence-corrected chi connectivity index (χ0v) is 16.5. The molecular formula is C21H26BrNO2. The molecule has 1 N–H and O–H groups in total. The van der Waals surface area contributed by atoms with Crippen molar-refractivity contribution < 1.29 is 9.90 Å². The Labute approximate surface area is 158 Å². The molecule has 0 aliphatic carbocycles. The zero-order chi connectivity index (χ0) is 18.2. The zero-order valence-electron chi connectivity index (χ0n) is 14.9. The first-order valence-electron chi connectivity index (χ1n) is 8.87. The second kappa shape index (κ2) is 9.62. The first kappa shape index (κ1) is 19.5. The summed E-state index contributed by atoms with van der Waals surface area (Å²) in [5.74, 6) is 0.196. The standard InChI is InChI=1S/C21H26BrNO2/c1-3-12-23(13-4-2)21(25)15-18(16-8-6-5-7-9-16)19-14-17(22)10-11-20(19)24/h5-11,14,18,24H,3-4,12-13,15H2,1-2H3/t18-/m1/s1. The van der Waals surface area contributed by atoms with Crippen LogP contribution in [0.3, 0.4) is 0 Å². The van der Waals surface area contributed by atoms with Crippen LogP contribution < -0.4 is 0 Å². The lowest BCUT2D eigenvalue weighted by atomic mass is 9.87. The highest BCUT2D eigenvalue weighted by Gasteiger charge is 2.24. The van der Waals surface area contributed by atoms with Gasteiger partial charge in [-0.05, 0) is 36.6 Å². The second-order valence-corrected chi connectivity index (χ2v) is 7.17. The molecule has 0 spiro atoms. The summed E-state index contributed by atoms with van der Waals surface area (Å²) in [6.45, 7) is 5.73. The van der Waals surface area contributed by atoms with Gasteiger partial charge in [-0.3, -0.25) is 4.79 Å². The number of hydrogen-bond donors (Lipinski definition) is 1. The summed E-state index contributed by atoms with van der Waals surface area (Å²) >= 11 is 3.48. The van der Waals surface area contributed by atoms with E-state index in [9.17, 15) is 9.90 Å². The minimum Gasteiger partial charge on any atom is -0.508 e. The van der Waals surface area contributed by atoms with Crippen molar-refractivity contribution in [2.24, 2.45) is 0 Å². The summed E-state index contributed by atoms with van der Waals surface area (Å²) < 4.78 is 0.896. The highest BCUT2D eigenvalue weighted by molar-refractivity contribution is 9.10. The van der Waals surface area contributed by atoms with E-state index in [2.05, 4.69) is 29.8 Å². The number of hydrogen-bond acceptors (Lipinski definition) is 2. The molecule has 0 aliphatic rings. The van der Waals surface area contributed by atoms with E-state index in [4.69, 9.17) is 0 Å². The van der Waals surface area contributed by atoms with Crippen LogP contribution in [-0.4, -0.2) is 29.0 Å². The predicted molar refractivity (Wildman–Crippen MR) is 106 cm³/mol. The Kier molecular flexibility index (Phi) is 7.51. The Balaban J connectivity index is 2.35. The third-order valence-electron chi connectivity index (χ3n) is 4.29. The highest BCUT2D eigenvalue weighted by Crippen LogP contribution is 2.36. The van der Waals surface area contributed by atoms with Crippen LogP contribution in [0.25, 0.3) is 0 Å². The van der Waals surface area contributed by atoms with Gasteiger partial charge in [-0.15, -0.1) is 0 Å². The number of rotatable bonds is 8. The van der Waals surface area contributed by atoms with E-state index in [1.807, 2.05) is 47.4 Å². The maximum atomic E-state index is 12.9. The van der Waals surface area contributed by atoms with Crippen molar-refractivity contribution in [3.8, 4) is 5.75 Å². The Bertz CT molecular complexity index is 682. The van der Waals surface area contributed by atoms with Crippen molar-refractivity contribution in [3.63, 3.8) is 0 Å². The van der Waals surface area contributed by atoms with E-state index < -0.39 is 0 Å². The number of amides is 1. The molecule has 0 aromatic heterocycles. The molecule has 0 fully saturated rings. The van der Waals surface area contributed by atoms with Crippen molar-refractivity contribution in [1.29, 1.82) is 0 Å². The summed E-state index contributed by atoms with van der Waals surface area (Å²) in [6, 6.07) is 15.3. The van der Waals surface area contributed by atoms with Gasteiger partial charge in [0, 0.05) is 35.5 Å². The molecule has 25 heavy (non-hydrogen) atoms. The van der Waals surface area contributed by atoms with Crippen molar-refractivity contribution in [2.75, 3.05) is 13.1 Å². The fourth-order valence-corrected chi connectivity index (χ4v) is 3.48. The molecule has 0 radical (unpaired) electrons. The summed E-state index contributed by atoms with van der Waals surface area (Å²) in [4.78, 5) is 14.8. The molecule has 0 aliphatic heterocycles. The fourth-order valence-electron chi connectivity index (χ4n) is 3.10. The van der Waals surface area contributed by atoms with Crippen LogP contribution in [0.1, 0.15) is 50.2 Å². The van der Waals surface area contributed by atoms with Gasteiger partial charge >= 0.3 is 0 Å². The Hall–Kier alpha value is -1.81. The maximum Gasteiger partial charge on any atom is 0.223 e. The molecule has 134 valence electrons. The summed E-state index contributed by atoms with van der Waals surface area (Å²) in [6.07, 6.45) is 2.25. The lowest BCUT2D eigenvalue weighted by Crippen LogP contribution is -2.33. The van der Waals surface area contributed by atoms with Gasteiger partial charge in [-0.1, -0.05) is 60.1 Å². The molecule has 1 amide bonds. The van der Waals surface area contributed by atoms with Crippen LogP contribution in [0.5, 0.6) is 5.75 Å². The lowest BCUT2D eigenvalue weighted by Gasteiger charge is -2.25. The molecule has 0 heterocycles. The normalized spacial score (nSPS) is 12.0. The third-order valence-corrected chi connectivity index (χ3v) is 4.78. The number of phenolic OH excluding ortho intramolecular Hbond substituents is 1. The third kappa shape index (κ3) is 5.33. The monoisotopic (exact) mass is 403 g/mol. The minimum absolute atomic E-state index is 0.136. The van der Waals surface area contributed by atoms with Gasteiger partial charge in [0.25, 0.3) is 0 Å². The molecule has 2 aromatic carbocycles. The fraction of sp³-hybridized carbons (Fsp3) is 0.381. The van der Waals surface area contributed by atoms with Gasteiger partial charge in [-0.25, -0.2) is 0 Å². The molecule has 0 bridgehead atoms. The van der Waals surface area contributed by atoms with Gasteiger partial charge in [-0.2, -0.15) is 0 Å². The molecule has 4 heteroatoms. The number of carbonyl (C=O) groups excluding carboxylic acids is 1. The number of nitrogens with zero attached hydrogens (tertiary/aromatic N) is 1. The van der Waals surface area contributed by atoms with Gasteiger partial charge in [0.2, 0.25) is 5.91 Å². The predicted octanol–water partition coefficient (Wildman–Crippen LogP) is 5.33. The number of aromatic hydroxyl groups is 1.